The Bertz CT molecular complexity index is 329. The summed E-state index contributed by atoms with van der Waals surface area (Å²) >= 11 is 0. The normalized spacial score (nSPS) is 22.1. The lowest BCUT2D eigenvalue weighted by molar-refractivity contribution is -0.0412. The number of aromatic nitrogens is 2. The largest absolute Gasteiger partial charge is 0.477 e. The molecule has 1 atom stereocenters. The molecule has 0 bridgehead atoms. The van der Waals surface area contributed by atoms with Gasteiger partial charge in [-0.25, -0.2) is 9.48 Å². The Morgan fingerprint density at radius 1 is 1.64 bits per heavy atom. The highest BCUT2D eigenvalue weighted by Gasteiger charge is 2.21. The summed E-state index contributed by atoms with van der Waals surface area (Å²) in [5.74, 6) is -0.961. The van der Waals surface area contributed by atoms with Gasteiger partial charge in [-0.3, -0.25) is 0 Å². The van der Waals surface area contributed by atoms with Crippen molar-refractivity contribution in [2.24, 2.45) is 0 Å². The van der Waals surface area contributed by atoms with E-state index in [9.17, 15) is 4.79 Å². The molecule has 2 heterocycles. The highest BCUT2D eigenvalue weighted by Crippen LogP contribution is 2.22. The number of hydrogen-bond donors (Lipinski definition) is 1. The molecule has 0 spiro atoms. The Labute approximate surface area is 81.3 Å². The topological polar surface area (TPSA) is 64.3 Å². The van der Waals surface area contributed by atoms with Crippen LogP contribution in [0.1, 0.15) is 36.0 Å². The van der Waals surface area contributed by atoms with E-state index < -0.39 is 5.97 Å². The van der Waals surface area contributed by atoms with Crippen LogP contribution in [0.15, 0.2) is 12.3 Å². The minimum absolute atomic E-state index is 0.192. The van der Waals surface area contributed by atoms with Gasteiger partial charge in [0.15, 0.2) is 6.23 Å². The van der Waals surface area contributed by atoms with E-state index in [0.29, 0.717) is 6.61 Å². The second-order valence-corrected chi connectivity index (χ2v) is 3.29. The van der Waals surface area contributed by atoms with Crippen molar-refractivity contribution in [2.45, 2.75) is 25.5 Å². The molecule has 1 aliphatic heterocycles. The average Bonchev–Trinajstić information content (AvgIpc) is 2.67. The smallest absolute Gasteiger partial charge is 0.354 e. The Morgan fingerprint density at radius 2 is 2.50 bits per heavy atom. The quantitative estimate of drug-likeness (QED) is 0.773. The van der Waals surface area contributed by atoms with Gasteiger partial charge in [0.2, 0.25) is 0 Å². The molecular weight excluding hydrogens is 184 g/mol. The van der Waals surface area contributed by atoms with Crippen LogP contribution in [0, 0.1) is 0 Å². The number of carboxylic acids is 1. The predicted molar refractivity (Wildman–Crippen MR) is 48.0 cm³/mol. The Hall–Kier alpha value is -1.36. The van der Waals surface area contributed by atoms with Gasteiger partial charge >= 0.3 is 5.97 Å². The number of nitrogens with zero attached hydrogens (tertiary/aromatic N) is 2. The van der Waals surface area contributed by atoms with Crippen LogP contribution in [-0.2, 0) is 4.74 Å². The molecule has 1 aromatic rings. The lowest BCUT2D eigenvalue weighted by Crippen LogP contribution is -2.22. The summed E-state index contributed by atoms with van der Waals surface area (Å²) in [6.45, 7) is 0.684. The SMILES string of the molecule is O=C(O)c1ccnn1C1CCCCO1. The van der Waals surface area contributed by atoms with Crippen LogP contribution in [0.5, 0.6) is 0 Å². The van der Waals surface area contributed by atoms with Crippen molar-refractivity contribution in [3.63, 3.8) is 0 Å². The molecule has 0 saturated carbocycles. The van der Waals surface area contributed by atoms with Crippen LogP contribution in [0.4, 0.5) is 0 Å². The Morgan fingerprint density at radius 3 is 3.14 bits per heavy atom. The fraction of sp³-hybridized carbons (Fsp3) is 0.556. The monoisotopic (exact) mass is 196 g/mol. The fourth-order valence-corrected chi connectivity index (χ4v) is 1.63. The predicted octanol–water partition coefficient (Wildman–Crippen LogP) is 1.28. The Kier molecular flexibility index (Phi) is 2.49. The van der Waals surface area contributed by atoms with E-state index in [1.165, 1.54) is 16.9 Å². The lowest BCUT2D eigenvalue weighted by Gasteiger charge is -2.23. The minimum Gasteiger partial charge on any atom is -0.477 e. The second kappa shape index (κ2) is 3.79. The molecule has 0 radical (unpaired) electrons. The van der Waals surface area contributed by atoms with Gasteiger partial charge in [-0.1, -0.05) is 0 Å². The van der Waals surface area contributed by atoms with Gasteiger partial charge in [0.05, 0.1) is 0 Å². The molecule has 1 N–H and O–H groups in total. The number of carbonyl (C=O) groups is 1. The van der Waals surface area contributed by atoms with Crippen molar-refractivity contribution in [2.75, 3.05) is 6.61 Å². The summed E-state index contributed by atoms with van der Waals surface area (Å²) < 4.78 is 6.90. The fourth-order valence-electron chi connectivity index (χ4n) is 1.63. The van der Waals surface area contributed by atoms with Crippen LogP contribution >= 0.6 is 0 Å². The molecule has 1 aromatic heterocycles. The van der Waals surface area contributed by atoms with Gasteiger partial charge in [-0.15, -0.1) is 0 Å². The molecule has 1 aliphatic rings. The maximum Gasteiger partial charge on any atom is 0.354 e. The minimum atomic E-state index is -0.961. The van der Waals surface area contributed by atoms with E-state index >= 15 is 0 Å². The van der Waals surface area contributed by atoms with E-state index in [-0.39, 0.29) is 11.9 Å². The van der Waals surface area contributed by atoms with E-state index in [2.05, 4.69) is 5.10 Å². The zero-order valence-electron chi connectivity index (χ0n) is 7.72. The summed E-state index contributed by atoms with van der Waals surface area (Å²) in [6.07, 6.45) is 4.22. The molecule has 2 rings (SSSR count). The van der Waals surface area contributed by atoms with Crippen molar-refractivity contribution < 1.29 is 14.6 Å². The highest BCUT2D eigenvalue weighted by atomic mass is 16.5. The summed E-state index contributed by atoms with van der Waals surface area (Å²) in [5.41, 5.74) is 0.192. The first kappa shape index (κ1) is 9.21. The molecule has 1 fully saturated rings. The number of rotatable bonds is 2. The molecule has 76 valence electrons. The summed E-state index contributed by atoms with van der Waals surface area (Å²) in [6, 6.07) is 1.49. The van der Waals surface area contributed by atoms with Crippen molar-refractivity contribution in [1.82, 2.24) is 9.78 Å². The number of carboxylic acid groups (broad SMARTS) is 1. The van der Waals surface area contributed by atoms with Crippen LogP contribution in [0.2, 0.25) is 0 Å². The van der Waals surface area contributed by atoms with E-state index in [0.717, 1.165) is 19.3 Å². The zero-order chi connectivity index (χ0) is 9.97. The Balaban J connectivity index is 2.21. The van der Waals surface area contributed by atoms with E-state index in [4.69, 9.17) is 9.84 Å². The second-order valence-electron chi connectivity index (χ2n) is 3.29. The van der Waals surface area contributed by atoms with Crippen molar-refractivity contribution in [1.29, 1.82) is 0 Å². The molecule has 5 nitrogen and oxygen atoms in total. The van der Waals surface area contributed by atoms with Crippen LogP contribution in [-0.4, -0.2) is 27.5 Å². The summed E-state index contributed by atoms with van der Waals surface area (Å²) in [4.78, 5) is 10.8. The first-order valence-electron chi connectivity index (χ1n) is 4.67. The summed E-state index contributed by atoms with van der Waals surface area (Å²) in [7, 11) is 0. The average molecular weight is 196 g/mol. The molecular formula is C9H12N2O3. The van der Waals surface area contributed by atoms with Gasteiger partial charge in [0.1, 0.15) is 5.69 Å². The molecule has 1 unspecified atom stereocenters. The first-order chi connectivity index (χ1) is 6.79. The first-order valence-corrected chi connectivity index (χ1v) is 4.67. The van der Waals surface area contributed by atoms with Crippen molar-refractivity contribution >= 4 is 5.97 Å². The van der Waals surface area contributed by atoms with E-state index in [1.807, 2.05) is 0 Å². The zero-order valence-corrected chi connectivity index (χ0v) is 7.72. The molecule has 0 amide bonds. The number of aromatic carboxylic acids is 1. The molecule has 1 saturated heterocycles. The number of hydrogen-bond acceptors (Lipinski definition) is 3. The standard InChI is InChI=1S/C9H12N2O3/c12-9(13)7-4-5-10-11(7)8-3-1-2-6-14-8/h4-5,8H,1-3,6H2,(H,12,13). The lowest BCUT2D eigenvalue weighted by atomic mass is 10.2. The van der Waals surface area contributed by atoms with Gasteiger partial charge < -0.3 is 9.84 Å². The number of ether oxygens (including phenoxy) is 1. The van der Waals surface area contributed by atoms with Gasteiger partial charge in [0.25, 0.3) is 0 Å². The van der Waals surface area contributed by atoms with Crippen molar-refractivity contribution in [3.8, 4) is 0 Å². The molecule has 0 aliphatic carbocycles. The summed E-state index contributed by atoms with van der Waals surface area (Å²) in [5, 5.41) is 12.8. The third kappa shape index (κ3) is 1.63. The van der Waals surface area contributed by atoms with E-state index in [1.54, 1.807) is 0 Å². The highest BCUT2D eigenvalue weighted by molar-refractivity contribution is 5.85. The molecule has 14 heavy (non-hydrogen) atoms. The van der Waals surface area contributed by atoms with Gasteiger partial charge in [-0.2, -0.15) is 5.10 Å². The third-order valence-corrected chi connectivity index (χ3v) is 2.32. The molecule has 5 heteroatoms. The van der Waals surface area contributed by atoms with Gasteiger partial charge in [0, 0.05) is 12.8 Å². The van der Waals surface area contributed by atoms with Crippen LogP contribution in [0.3, 0.4) is 0 Å². The third-order valence-electron chi connectivity index (χ3n) is 2.32. The van der Waals surface area contributed by atoms with Crippen LogP contribution < -0.4 is 0 Å². The van der Waals surface area contributed by atoms with Gasteiger partial charge in [-0.05, 0) is 25.3 Å². The van der Waals surface area contributed by atoms with Crippen LogP contribution in [0.25, 0.3) is 0 Å². The maximum atomic E-state index is 10.8. The maximum absolute atomic E-state index is 10.8. The molecule has 0 aromatic carbocycles. The van der Waals surface area contributed by atoms with Crippen molar-refractivity contribution in [3.05, 3.63) is 18.0 Å².